The van der Waals surface area contributed by atoms with Gasteiger partial charge in [-0.15, -0.1) is 6.42 Å². The van der Waals surface area contributed by atoms with Gasteiger partial charge in [-0.1, -0.05) is 5.92 Å². The fourth-order valence-corrected chi connectivity index (χ4v) is 3.14. The maximum absolute atomic E-state index is 15.0. The fraction of sp³-hybridized carbons (Fsp3) is 0.267. The van der Waals surface area contributed by atoms with E-state index in [0.29, 0.717) is 28.4 Å². The zero-order chi connectivity index (χ0) is 14.8. The van der Waals surface area contributed by atoms with Crippen molar-refractivity contribution in [2.24, 2.45) is 0 Å². The number of aromatic nitrogens is 1. The van der Waals surface area contributed by atoms with Gasteiger partial charge in [-0.05, 0) is 38.1 Å². The molecule has 2 aliphatic rings. The molecule has 0 bridgehead atoms. The molecular weight excluding hydrogens is 257 g/mol. The number of aryl methyl sites for hydroxylation is 1. The summed E-state index contributed by atoms with van der Waals surface area (Å²) in [5.41, 5.74) is 4.27. The smallest absolute Gasteiger partial charge is 0.394 e. The fourth-order valence-electron chi connectivity index (χ4n) is 3.14. The number of halogens is 2. The molecule has 102 valence electrons. The Labute approximate surface area is 117 Å². The lowest BCUT2D eigenvalue weighted by Crippen LogP contribution is -2.50. The van der Waals surface area contributed by atoms with Crippen LogP contribution in [-0.4, -0.2) is 21.6 Å². The summed E-state index contributed by atoms with van der Waals surface area (Å²) in [5, 5.41) is 0. The van der Waals surface area contributed by atoms with E-state index in [-0.39, 0.29) is 0 Å². The number of terminal acetylenes is 1. The second kappa shape index (κ2) is 3.72. The van der Waals surface area contributed by atoms with Crippen molar-refractivity contribution in [3.8, 4) is 12.3 Å². The molecule has 0 atom stereocenters. The van der Waals surface area contributed by atoms with Crippen molar-refractivity contribution in [2.45, 2.75) is 27.7 Å². The highest BCUT2D eigenvalue weighted by atomic mass is 19.2. The van der Waals surface area contributed by atoms with E-state index in [4.69, 9.17) is 6.42 Å². The summed E-state index contributed by atoms with van der Waals surface area (Å²) in [7, 11) is 0. The van der Waals surface area contributed by atoms with Crippen LogP contribution in [0, 0.1) is 26.2 Å². The predicted octanol–water partition coefficient (Wildman–Crippen LogP) is 3.12. The lowest BCUT2D eigenvalue weighted by Gasteiger charge is -2.30. The number of nitrogens with zero attached hydrogens (tertiary/aromatic N) is 2. The Morgan fingerprint density at radius 3 is 2.50 bits per heavy atom. The van der Waals surface area contributed by atoms with Crippen molar-refractivity contribution in [1.29, 1.82) is 0 Å². The highest BCUT2D eigenvalue weighted by molar-refractivity contribution is 6.58. The Bertz CT molecular complexity index is 786. The van der Waals surface area contributed by atoms with Crippen molar-refractivity contribution >= 4 is 18.8 Å². The van der Waals surface area contributed by atoms with Gasteiger partial charge in [-0.3, -0.25) is 0 Å². The first-order valence-electron chi connectivity index (χ1n) is 6.54. The molecule has 3 heterocycles. The highest BCUT2D eigenvalue weighted by Gasteiger charge is 2.54. The third kappa shape index (κ3) is 1.31. The molecule has 2 aliphatic heterocycles. The minimum Gasteiger partial charge on any atom is -0.394 e. The monoisotopic (exact) mass is 272 g/mol. The van der Waals surface area contributed by atoms with Gasteiger partial charge in [-0.2, -0.15) is 0 Å². The molecule has 0 amide bonds. The summed E-state index contributed by atoms with van der Waals surface area (Å²) in [4.78, 5) is 0. The van der Waals surface area contributed by atoms with Crippen molar-refractivity contribution in [3.63, 3.8) is 0 Å². The van der Waals surface area contributed by atoms with Crippen molar-refractivity contribution in [2.75, 3.05) is 0 Å². The highest BCUT2D eigenvalue weighted by Crippen LogP contribution is 2.38. The van der Waals surface area contributed by atoms with Gasteiger partial charge in [0.05, 0.1) is 5.57 Å². The van der Waals surface area contributed by atoms with Crippen molar-refractivity contribution in [3.05, 3.63) is 39.9 Å². The molecule has 0 radical (unpaired) electrons. The van der Waals surface area contributed by atoms with Gasteiger partial charge >= 0.3 is 6.97 Å². The Balaban J connectivity index is 2.40. The summed E-state index contributed by atoms with van der Waals surface area (Å²) in [5.74, 6) is 2.55. The van der Waals surface area contributed by atoms with Crippen LogP contribution < -0.4 is 0 Å². The number of fused-ring (bicyclic) bond motifs is 2. The van der Waals surface area contributed by atoms with Gasteiger partial charge in [-0.25, -0.2) is 0 Å². The zero-order valence-electron chi connectivity index (χ0n) is 12.0. The van der Waals surface area contributed by atoms with Crippen LogP contribution in [0.2, 0.25) is 0 Å². The predicted molar refractivity (Wildman–Crippen MR) is 77.7 cm³/mol. The van der Waals surface area contributed by atoms with E-state index in [1.54, 1.807) is 32.9 Å². The maximum atomic E-state index is 15.0. The van der Waals surface area contributed by atoms with Crippen LogP contribution in [0.5, 0.6) is 0 Å². The average Bonchev–Trinajstić information content (AvgIpc) is 2.77. The molecule has 3 rings (SSSR count). The maximum Gasteiger partial charge on any atom is 0.737 e. The SMILES string of the molecule is C#CC1=C(C)C(C)=[N+]2C1=Cc1cc(C)c(C)n1[B-]2(F)F. The molecule has 0 aromatic carbocycles. The van der Waals surface area contributed by atoms with E-state index in [2.05, 4.69) is 5.92 Å². The third-order valence-electron chi connectivity index (χ3n) is 4.42. The summed E-state index contributed by atoms with van der Waals surface area (Å²) >= 11 is 0. The van der Waals surface area contributed by atoms with Gasteiger partial charge in [0.2, 0.25) is 0 Å². The molecule has 1 aromatic heterocycles. The first kappa shape index (κ1) is 12.9. The van der Waals surface area contributed by atoms with Crippen LogP contribution in [0.4, 0.5) is 8.63 Å². The standard InChI is InChI=1S/C15H15BF2N2/c1-6-14-10(3)12(5)20-15(14)8-13-7-9(2)11(4)19(13)16(20,17)18/h1,7-8H,2-5H3. The van der Waals surface area contributed by atoms with Crippen molar-refractivity contribution < 1.29 is 13.1 Å². The molecular formula is C15H15BF2N2. The van der Waals surface area contributed by atoms with Crippen LogP contribution in [-0.2, 0) is 0 Å². The molecule has 0 spiro atoms. The van der Waals surface area contributed by atoms with Gasteiger partial charge in [0, 0.05) is 24.3 Å². The molecule has 2 nitrogen and oxygen atoms in total. The normalized spacial score (nSPS) is 19.8. The Hall–Kier alpha value is -2.09. The number of hydrogen-bond acceptors (Lipinski definition) is 0. The topological polar surface area (TPSA) is 7.94 Å². The Morgan fingerprint density at radius 2 is 1.90 bits per heavy atom. The quantitative estimate of drug-likeness (QED) is 0.506. The second-order valence-corrected chi connectivity index (χ2v) is 5.43. The summed E-state index contributed by atoms with van der Waals surface area (Å²) in [6.45, 7) is 3.16. The van der Waals surface area contributed by atoms with Crippen LogP contribution in [0.3, 0.4) is 0 Å². The molecule has 0 saturated heterocycles. The van der Waals surface area contributed by atoms with Gasteiger partial charge < -0.3 is 17.6 Å². The Kier molecular flexibility index (Phi) is 2.41. The minimum atomic E-state index is -3.89. The van der Waals surface area contributed by atoms with E-state index >= 15 is 0 Å². The zero-order valence-corrected chi connectivity index (χ0v) is 12.0. The molecule has 0 N–H and O–H groups in total. The first-order chi connectivity index (χ1) is 9.30. The van der Waals surface area contributed by atoms with Crippen LogP contribution in [0.15, 0.2) is 22.9 Å². The molecule has 1 aromatic rings. The lowest BCUT2D eigenvalue weighted by molar-refractivity contribution is -0.362. The minimum absolute atomic E-state index is 0.442. The molecule has 20 heavy (non-hydrogen) atoms. The number of allylic oxidation sites excluding steroid dienone is 2. The van der Waals surface area contributed by atoms with Gasteiger partial charge in [0.1, 0.15) is 5.71 Å². The van der Waals surface area contributed by atoms with E-state index < -0.39 is 6.97 Å². The third-order valence-corrected chi connectivity index (χ3v) is 4.42. The summed E-state index contributed by atoms with van der Waals surface area (Å²) < 4.78 is 32.1. The van der Waals surface area contributed by atoms with Gasteiger partial charge in [0.15, 0.2) is 5.70 Å². The van der Waals surface area contributed by atoms with Crippen LogP contribution in [0.1, 0.15) is 30.8 Å². The van der Waals surface area contributed by atoms with Gasteiger partial charge in [0.25, 0.3) is 0 Å². The van der Waals surface area contributed by atoms with E-state index in [1.165, 1.54) is 0 Å². The van der Waals surface area contributed by atoms with Crippen molar-refractivity contribution in [1.82, 2.24) is 4.48 Å². The largest absolute Gasteiger partial charge is 0.737 e. The number of hydrogen-bond donors (Lipinski definition) is 0. The van der Waals surface area contributed by atoms with E-state index in [1.807, 2.05) is 6.92 Å². The van der Waals surface area contributed by atoms with Crippen LogP contribution >= 0.6 is 0 Å². The van der Waals surface area contributed by atoms with E-state index in [9.17, 15) is 8.63 Å². The first-order valence-corrected chi connectivity index (χ1v) is 6.54. The molecule has 5 heteroatoms. The summed E-state index contributed by atoms with van der Waals surface area (Å²) in [6, 6.07) is 1.78. The summed E-state index contributed by atoms with van der Waals surface area (Å²) in [6.07, 6.45) is 7.26. The molecule has 0 unspecified atom stereocenters. The Morgan fingerprint density at radius 1 is 1.25 bits per heavy atom. The number of rotatable bonds is 0. The van der Waals surface area contributed by atoms with Crippen LogP contribution in [0.25, 0.3) is 6.08 Å². The molecule has 0 fully saturated rings. The average molecular weight is 272 g/mol. The van der Waals surface area contributed by atoms with E-state index in [0.717, 1.165) is 20.1 Å². The molecule has 0 saturated carbocycles. The second-order valence-electron chi connectivity index (χ2n) is 5.43. The molecule has 0 aliphatic carbocycles. The lowest BCUT2D eigenvalue weighted by atomic mass is 9.90.